The number of fused-ring (bicyclic) bond motifs is 3. The van der Waals surface area contributed by atoms with E-state index in [1.807, 2.05) is 18.2 Å². The highest BCUT2D eigenvalue weighted by molar-refractivity contribution is 8.13. The lowest BCUT2D eigenvalue weighted by Crippen LogP contribution is -2.46. The predicted octanol–water partition coefficient (Wildman–Crippen LogP) is 7.58. The molecular formula is C39H54ClN3O4S. The average Bonchev–Trinajstić information content (AvgIpc) is 3.63. The highest BCUT2D eigenvalue weighted by Crippen LogP contribution is 2.48. The summed E-state index contributed by atoms with van der Waals surface area (Å²) < 4.78 is 23.2. The van der Waals surface area contributed by atoms with Gasteiger partial charge in [0.25, 0.3) is 5.91 Å². The van der Waals surface area contributed by atoms with Crippen molar-refractivity contribution in [3.8, 4) is 5.75 Å². The van der Waals surface area contributed by atoms with E-state index < -0.39 is 10.7 Å². The van der Waals surface area contributed by atoms with Crippen molar-refractivity contribution in [2.24, 2.45) is 23.7 Å². The van der Waals surface area contributed by atoms with Crippen LogP contribution >= 0.6 is 22.3 Å². The molecule has 9 atom stereocenters. The third kappa shape index (κ3) is 7.20. The summed E-state index contributed by atoms with van der Waals surface area (Å²) in [6.07, 6.45) is 9.22. The summed E-state index contributed by atoms with van der Waals surface area (Å²) in [5.74, 6) is 7.29. The second kappa shape index (κ2) is 15.0. The molecule has 4 aliphatic heterocycles. The number of halogens is 1. The van der Waals surface area contributed by atoms with Crippen LogP contribution in [0.15, 0.2) is 36.4 Å². The molecule has 2 aromatic carbocycles. The zero-order valence-electron chi connectivity index (χ0n) is 28.9. The molecule has 48 heavy (non-hydrogen) atoms. The maximum absolute atomic E-state index is 13.7. The standard InChI is InChI=1S/C39H54ClN3O4S/c1-5-6-9-26-17-30(40)13-15-31(26)29-22-43-21-28-11-14-32(28)33(39-46-36-19-41-20-37(36)47-39)10-7-8-24(2)25(3)48(4)42-38(44)27-12-16-35(45-23-29)34(43)18-27/h12-13,15-18,24-25,28-29,32-33,36-37,39,41H,4-11,14,19-23H2,1-3H3,(H,42,44). The second-order valence-electron chi connectivity index (χ2n) is 15.1. The number of anilines is 1. The number of hydrogen-bond acceptors (Lipinski definition) is 6. The van der Waals surface area contributed by atoms with Crippen molar-refractivity contribution in [1.82, 2.24) is 10.0 Å². The Morgan fingerprint density at radius 3 is 2.56 bits per heavy atom. The molecule has 0 aromatic heterocycles. The van der Waals surface area contributed by atoms with E-state index in [0.29, 0.717) is 35.8 Å². The lowest BCUT2D eigenvalue weighted by Gasteiger charge is -2.46. The van der Waals surface area contributed by atoms with Crippen molar-refractivity contribution in [2.45, 2.75) is 102 Å². The van der Waals surface area contributed by atoms with Gasteiger partial charge < -0.3 is 29.1 Å². The summed E-state index contributed by atoms with van der Waals surface area (Å²) in [4.78, 5) is 16.2. The van der Waals surface area contributed by atoms with Gasteiger partial charge in [-0.1, -0.05) is 67.8 Å². The van der Waals surface area contributed by atoms with Crippen LogP contribution in [-0.4, -0.2) is 68.3 Å². The van der Waals surface area contributed by atoms with Crippen LogP contribution in [0.4, 0.5) is 5.69 Å². The molecule has 7 nitrogen and oxygen atoms in total. The summed E-state index contributed by atoms with van der Waals surface area (Å²) in [6, 6.07) is 12.4. The number of ether oxygens (including phenoxy) is 3. The zero-order chi connectivity index (χ0) is 33.4. The molecule has 9 unspecified atom stereocenters. The van der Waals surface area contributed by atoms with Crippen molar-refractivity contribution in [3.63, 3.8) is 0 Å². The average molecular weight is 696 g/mol. The summed E-state index contributed by atoms with van der Waals surface area (Å²) in [5.41, 5.74) is 4.33. The van der Waals surface area contributed by atoms with Gasteiger partial charge in [0.1, 0.15) is 18.0 Å². The molecule has 1 saturated carbocycles. The topological polar surface area (TPSA) is 72.1 Å². The summed E-state index contributed by atoms with van der Waals surface area (Å²) in [6.45, 7) is 10.9. The van der Waals surface area contributed by atoms with E-state index in [0.717, 1.165) is 81.2 Å². The van der Waals surface area contributed by atoms with Crippen molar-refractivity contribution in [1.29, 1.82) is 0 Å². The van der Waals surface area contributed by atoms with E-state index in [4.69, 9.17) is 25.8 Å². The first-order valence-corrected chi connectivity index (χ1v) is 20.3. The molecule has 2 bridgehead atoms. The Bertz CT molecular complexity index is 1480. The van der Waals surface area contributed by atoms with Crippen molar-refractivity contribution in [3.05, 3.63) is 58.1 Å². The largest absolute Gasteiger partial charge is 0.491 e. The lowest BCUT2D eigenvalue weighted by atomic mass is 9.65. The van der Waals surface area contributed by atoms with Gasteiger partial charge in [-0.3, -0.25) is 4.79 Å². The molecule has 262 valence electrons. The number of nitrogens with zero attached hydrogens (tertiary/aromatic N) is 1. The number of benzene rings is 2. The molecule has 0 radical (unpaired) electrons. The van der Waals surface area contributed by atoms with Gasteiger partial charge in [0.2, 0.25) is 0 Å². The molecule has 9 heteroatoms. The fourth-order valence-electron chi connectivity index (χ4n) is 8.72. The summed E-state index contributed by atoms with van der Waals surface area (Å²) in [5, 5.41) is 4.51. The predicted molar refractivity (Wildman–Crippen MR) is 198 cm³/mol. The molecule has 0 spiro atoms. The second-order valence-corrected chi connectivity index (χ2v) is 17.3. The SMILES string of the molecule is C=S1NC(=O)c2ccc3c(c2)N(CC(c2ccc(Cl)cc2CCCC)CO3)CC2CCC2C(C2OC3CNCC3O2)CCCC(C)C1C. The highest BCUT2D eigenvalue weighted by Gasteiger charge is 2.48. The van der Waals surface area contributed by atoms with Gasteiger partial charge >= 0.3 is 0 Å². The van der Waals surface area contributed by atoms with Gasteiger partial charge in [-0.15, -0.1) is 0 Å². The Hall–Kier alpha value is -2.10. The monoisotopic (exact) mass is 695 g/mol. The van der Waals surface area contributed by atoms with Crippen molar-refractivity contribution in [2.75, 3.05) is 37.7 Å². The van der Waals surface area contributed by atoms with E-state index in [2.05, 4.69) is 59.8 Å². The normalized spacial score (nSPS) is 35.5. The van der Waals surface area contributed by atoms with Crippen LogP contribution in [0.5, 0.6) is 5.75 Å². The molecule has 2 aromatic rings. The lowest BCUT2D eigenvalue weighted by molar-refractivity contribution is -0.141. The number of aryl methyl sites for hydroxylation is 1. The minimum Gasteiger partial charge on any atom is -0.491 e. The van der Waals surface area contributed by atoms with Gasteiger partial charge in [-0.2, -0.15) is 0 Å². The van der Waals surface area contributed by atoms with Crippen LogP contribution in [0.1, 0.15) is 93.1 Å². The molecular weight excluding hydrogens is 642 g/mol. The fourth-order valence-corrected chi connectivity index (χ4v) is 10.1. The number of unbranched alkanes of at least 4 members (excludes halogenated alkanes) is 1. The Labute approximate surface area is 294 Å². The fraction of sp³-hybridized carbons (Fsp3) is 0.641. The van der Waals surface area contributed by atoms with Crippen LogP contribution in [0.3, 0.4) is 0 Å². The summed E-state index contributed by atoms with van der Waals surface area (Å²) in [7, 11) is -0.498. The van der Waals surface area contributed by atoms with Crippen LogP contribution < -0.4 is 19.7 Å². The quantitative estimate of drug-likeness (QED) is 0.315. The van der Waals surface area contributed by atoms with Gasteiger partial charge in [0, 0.05) is 53.9 Å². The number of rotatable bonds is 5. The Morgan fingerprint density at radius 2 is 1.81 bits per heavy atom. The van der Waals surface area contributed by atoms with Crippen molar-refractivity contribution >= 4 is 39.7 Å². The Kier molecular flexibility index (Phi) is 10.8. The minimum atomic E-state index is -0.498. The molecule has 1 aliphatic carbocycles. The zero-order valence-corrected chi connectivity index (χ0v) is 30.5. The number of hydrogen-bond donors (Lipinski definition) is 2. The molecule has 4 heterocycles. The maximum atomic E-state index is 13.7. The first-order chi connectivity index (χ1) is 23.3. The molecule has 2 saturated heterocycles. The van der Waals surface area contributed by atoms with E-state index in [-0.39, 0.29) is 35.6 Å². The molecule has 2 N–H and O–H groups in total. The van der Waals surface area contributed by atoms with Crippen molar-refractivity contribution < 1.29 is 19.0 Å². The third-order valence-corrected chi connectivity index (χ3v) is 14.1. The van der Waals surface area contributed by atoms with Crippen LogP contribution in [0.25, 0.3) is 0 Å². The van der Waals surface area contributed by atoms with E-state index in [1.165, 1.54) is 24.0 Å². The minimum absolute atomic E-state index is 0.0558. The maximum Gasteiger partial charge on any atom is 0.260 e. The molecule has 7 rings (SSSR count). The summed E-state index contributed by atoms with van der Waals surface area (Å²) >= 11 is 6.53. The van der Waals surface area contributed by atoms with Crippen LogP contribution in [-0.2, 0) is 15.9 Å². The van der Waals surface area contributed by atoms with E-state index in [1.54, 1.807) is 0 Å². The van der Waals surface area contributed by atoms with Gasteiger partial charge in [-0.25, -0.2) is 0 Å². The Balaban J connectivity index is 1.23. The van der Waals surface area contributed by atoms with Crippen LogP contribution in [0, 0.1) is 23.7 Å². The number of carbonyl (C=O) groups excluding carboxylic acids is 1. The molecule has 1 amide bonds. The molecule has 5 aliphatic rings. The molecule has 3 fully saturated rings. The van der Waals surface area contributed by atoms with E-state index >= 15 is 0 Å². The van der Waals surface area contributed by atoms with Crippen LogP contribution in [0.2, 0.25) is 5.02 Å². The van der Waals surface area contributed by atoms with Gasteiger partial charge in [0.15, 0.2) is 6.29 Å². The van der Waals surface area contributed by atoms with Gasteiger partial charge in [0.05, 0.1) is 12.3 Å². The number of carbonyl (C=O) groups is 1. The first kappa shape index (κ1) is 34.4. The Morgan fingerprint density at radius 1 is 1.00 bits per heavy atom. The van der Waals surface area contributed by atoms with Gasteiger partial charge in [-0.05, 0) is 97.7 Å². The highest BCUT2D eigenvalue weighted by atomic mass is 35.5. The van der Waals surface area contributed by atoms with E-state index in [9.17, 15) is 4.79 Å². The smallest absolute Gasteiger partial charge is 0.260 e. The number of amides is 1. The third-order valence-electron chi connectivity index (χ3n) is 12.0. The first-order valence-electron chi connectivity index (χ1n) is 18.4. The number of nitrogens with one attached hydrogen (secondary N) is 2.